The molecule has 3 aromatic rings. The van der Waals surface area contributed by atoms with Gasteiger partial charge in [0.15, 0.2) is 0 Å². The summed E-state index contributed by atoms with van der Waals surface area (Å²) in [6, 6.07) is 11.7. The van der Waals surface area contributed by atoms with E-state index in [0.717, 1.165) is 46.9 Å². The van der Waals surface area contributed by atoms with Crippen molar-refractivity contribution in [2.24, 2.45) is 0 Å². The summed E-state index contributed by atoms with van der Waals surface area (Å²) in [5.74, 6) is 0.577. The van der Waals surface area contributed by atoms with E-state index >= 15 is 0 Å². The van der Waals surface area contributed by atoms with Crippen LogP contribution in [0.25, 0.3) is 11.1 Å². The molecule has 0 radical (unpaired) electrons. The van der Waals surface area contributed by atoms with E-state index in [2.05, 4.69) is 15.3 Å². The summed E-state index contributed by atoms with van der Waals surface area (Å²) in [5, 5.41) is 4.00. The first-order chi connectivity index (χ1) is 12.8. The van der Waals surface area contributed by atoms with Gasteiger partial charge < -0.3 is 10.1 Å². The fourth-order valence-corrected chi connectivity index (χ4v) is 3.29. The SMILES string of the molecule is Clc1ccccc1CNc1ncc(-c2ccncc2)c([C@H]2CCCO2)n1. The number of hydrogen-bond acceptors (Lipinski definition) is 5. The van der Waals surface area contributed by atoms with Crippen molar-refractivity contribution >= 4 is 17.5 Å². The quantitative estimate of drug-likeness (QED) is 0.711. The zero-order chi connectivity index (χ0) is 17.8. The summed E-state index contributed by atoms with van der Waals surface area (Å²) >= 11 is 6.22. The highest BCUT2D eigenvalue weighted by atomic mass is 35.5. The van der Waals surface area contributed by atoms with Crippen LogP contribution in [0.4, 0.5) is 5.95 Å². The summed E-state index contributed by atoms with van der Waals surface area (Å²) in [6.45, 7) is 1.34. The molecular weight excluding hydrogens is 348 g/mol. The van der Waals surface area contributed by atoms with E-state index in [-0.39, 0.29) is 6.10 Å². The second-order valence-electron chi connectivity index (χ2n) is 6.18. The van der Waals surface area contributed by atoms with Crippen molar-refractivity contribution in [1.29, 1.82) is 0 Å². The number of hydrogen-bond donors (Lipinski definition) is 1. The molecule has 0 amide bonds. The summed E-state index contributed by atoms with van der Waals surface area (Å²) < 4.78 is 5.88. The van der Waals surface area contributed by atoms with Gasteiger partial charge in [-0.3, -0.25) is 4.98 Å². The van der Waals surface area contributed by atoms with Crippen molar-refractivity contribution in [2.75, 3.05) is 11.9 Å². The molecule has 0 aliphatic carbocycles. The largest absolute Gasteiger partial charge is 0.372 e. The summed E-state index contributed by atoms with van der Waals surface area (Å²) in [6.07, 6.45) is 7.43. The van der Waals surface area contributed by atoms with Crippen molar-refractivity contribution in [3.05, 3.63) is 71.3 Å². The van der Waals surface area contributed by atoms with Crippen LogP contribution in [-0.2, 0) is 11.3 Å². The predicted molar refractivity (Wildman–Crippen MR) is 102 cm³/mol. The molecule has 1 fully saturated rings. The van der Waals surface area contributed by atoms with Crippen LogP contribution in [0.5, 0.6) is 0 Å². The molecule has 1 aromatic carbocycles. The third-order valence-corrected chi connectivity index (χ3v) is 4.81. The minimum Gasteiger partial charge on any atom is -0.372 e. The lowest BCUT2D eigenvalue weighted by Gasteiger charge is -2.16. The fraction of sp³-hybridized carbons (Fsp3) is 0.250. The van der Waals surface area contributed by atoms with Crippen LogP contribution in [0, 0.1) is 0 Å². The van der Waals surface area contributed by atoms with Crippen LogP contribution in [0.2, 0.25) is 5.02 Å². The van der Waals surface area contributed by atoms with E-state index in [1.165, 1.54) is 0 Å². The predicted octanol–water partition coefficient (Wildman–Crippen LogP) is 4.66. The highest BCUT2D eigenvalue weighted by Gasteiger charge is 2.23. The number of rotatable bonds is 5. The molecule has 1 aliphatic rings. The van der Waals surface area contributed by atoms with Crippen LogP contribution in [0.1, 0.15) is 30.2 Å². The molecule has 132 valence electrons. The highest BCUT2D eigenvalue weighted by Crippen LogP contribution is 2.34. The monoisotopic (exact) mass is 366 g/mol. The second-order valence-corrected chi connectivity index (χ2v) is 6.58. The molecule has 2 aromatic heterocycles. The molecule has 5 nitrogen and oxygen atoms in total. The first-order valence-corrected chi connectivity index (χ1v) is 9.05. The number of halogens is 1. The Morgan fingerprint density at radius 1 is 1.15 bits per heavy atom. The van der Waals surface area contributed by atoms with Gasteiger partial charge in [0.05, 0.1) is 5.69 Å². The number of benzene rings is 1. The first kappa shape index (κ1) is 16.9. The molecule has 4 rings (SSSR count). The third-order valence-electron chi connectivity index (χ3n) is 4.44. The van der Waals surface area contributed by atoms with Gasteiger partial charge in [0, 0.05) is 42.3 Å². The average molecular weight is 367 g/mol. The molecule has 1 aliphatic heterocycles. The molecule has 0 saturated carbocycles. The number of ether oxygens (including phenoxy) is 1. The Balaban J connectivity index is 1.62. The molecule has 1 saturated heterocycles. The molecule has 0 spiro atoms. The van der Waals surface area contributed by atoms with Gasteiger partial charge in [0.1, 0.15) is 6.10 Å². The van der Waals surface area contributed by atoms with Crippen LogP contribution < -0.4 is 5.32 Å². The minimum absolute atomic E-state index is 0.00188. The zero-order valence-corrected chi connectivity index (χ0v) is 15.0. The molecular formula is C20H19ClN4O. The summed E-state index contributed by atoms with van der Waals surface area (Å²) in [7, 11) is 0. The lowest BCUT2D eigenvalue weighted by atomic mass is 10.0. The maximum atomic E-state index is 6.22. The maximum absolute atomic E-state index is 6.22. The Labute approximate surface area is 157 Å². The number of anilines is 1. The van der Waals surface area contributed by atoms with Gasteiger partial charge in [-0.2, -0.15) is 0 Å². The van der Waals surface area contributed by atoms with E-state index < -0.39 is 0 Å². The number of aromatic nitrogens is 3. The van der Waals surface area contributed by atoms with Crippen molar-refractivity contribution in [2.45, 2.75) is 25.5 Å². The smallest absolute Gasteiger partial charge is 0.223 e. The Kier molecular flexibility index (Phi) is 5.09. The van der Waals surface area contributed by atoms with E-state index in [9.17, 15) is 0 Å². The topological polar surface area (TPSA) is 59.9 Å². The number of nitrogens with zero attached hydrogens (tertiary/aromatic N) is 3. The van der Waals surface area contributed by atoms with E-state index in [4.69, 9.17) is 21.3 Å². The molecule has 6 heteroatoms. The number of pyridine rings is 1. The van der Waals surface area contributed by atoms with E-state index in [1.54, 1.807) is 12.4 Å². The maximum Gasteiger partial charge on any atom is 0.223 e. The van der Waals surface area contributed by atoms with E-state index in [0.29, 0.717) is 12.5 Å². The molecule has 3 heterocycles. The van der Waals surface area contributed by atoms with Crippen LogP contribution in [-0.4, -0.2) is 21.6 Å². The second kappa shape index (κ2) is 7.81. The van der Waals surface area contributed by atoms with Crippen LogP contribution >= 0.6 is 11.6 Å². The normalized spacial score (nSPS) is 16.6. The minimum atomic E-state index is 0.00188. The van der Waals surface area contributed by atoms with Crippen molar-refractivity contribution in [1.82, 2.24) is 15.0 Å². The van der Waals surface area contributed by atoms with Gasteiger partial charge in [0.2, 0.25) is 5.95 Å². The highest BCUT2D eigenvalue weighted by molar-refractivity contribution is 6.31. The van der Waals surface area contributed by atoms with Gasteiger partial charge in [-0.05, 0) is 42.2 Å². The van der Waals surface area contributed by atoms with Crippen LogP contribution in [0.15, 0.2) is 55.0 Å². The Morgan fingerprint density at radius 3 is 2.77 bits per heavy atom. The van der Waals surface area contributed by atoms with Gasteiger partial charge in [-0.1, -0.05) is 29.8 Å². The Morgan fingerprint density at radius 2 is 2.00 bits per heavy atom. The standard InChI is InChI=1S/C20H19ClN4O/c21-17-5-2-1-4-15(17)12-23-20-24-13-16(14-7-9-22-10-8-14)19(25-20)18-6-3-11-26-18/h1-2,4-5,7-10,13,18H,3,6,11-12H2,(H,23,24,25)/t18-/m1/s1. The zero-order valence-electron chi connectivity index (χ0n) is 14.2. The molecule has 1 atom stereocenters. The molecule has 0 unspecified atom stereocenters. The Hall–Kier alpha value is -2.50. The molecule has 26 heavy (non-hydrogen) atoms. The first-order valence-electron chi connectivity index (χ1n) is 8.67. The number of nitrogens with one attached hydrogen (secondary N) is 1. The van der Waals surface area contributed by atoms with Crippen molar-refractivity contribution < 1.29 is 4.74 Å². The lowest BCUT2D eigenvalue weighted by Crippen LogP contribution is -2.09. The summed E-state index contributed by atoms with van der Waals surface area (Å²) in [5.41, 5.74) is 3.96. The van der Waals surface area contributed by atoms with Crippen molar-refractivity contribution in [3.63, 3.8) is 0 Å². The molecule has 0 bridgehead atoms. The van der Waals surface area contributed by atoms with Crippen molar-refractivity contribution in [3.8, 4) is 11.1 Å². The fourth-order valence-electron chi connectivity index (χ4n) is 3.09. The summed E-state index contributed by atoms with van der Waals surface area (Å²) in [4.78, 5) is 13.3. The van der Waals surface area contributed by atoms with Crippen LogP contribution in [0.3, 0.4) is 0 Å². The average Bonchev–Trinajstić information content (AvgIpc) is 3.23. The van der Waals surface area contributed by atoms with Gasteiger partial charge in [-0.25, -0.2) is 9.97 Å². The van der Waals surface area contributed by atoms with E-state index in [1.807, 2.05) is 42.6 Å². The third kappa shape index (κ3) is 3.69. The van der Waals surface area contributed by atoms with Gasteiger partial charge in [-0.15, -0.1) is 0 Å². The van der Waals surface area contributed by atoms with Gasteiger partial charge in [0.25, 0.3) is 0 Å². The lowest BCUT2D eigenvalue weighted by molar-refractivity contribution is 0.109. The molecule has 1 N–H and O–H groups in total. The van der Waals surface area contributed by atoms with Gasteiger partial charge >= 0.3 is 0 Å². The Bertz CT molecular complexity index is 882.